The zero-order valence-electron chi connectivity index (χ0n) is 12.8. The van der Waals surface area contributed by atoms with Crippen LogP contribution < -0.4 is 5.32 Å². The van der Waals surface area contributed by atoms with E-state index in [0.29, 0.717) is 16.7 Å². The summed E-state index contributed by atoms with van der Waals surface area (Å²) in [6.07, 6.45) is 0. The van der Waals surface area contributed by atoms with Gasteiger partial charge in [-0.05, 0) is 37.1 Å². The third kappa shape index (κ3) is 3.01. The van der Waals surface area contributed by atoms with E-state index in [-0.39, 0.29) is 0 Å². The number of carbonyl (C=O) groups is 3. The van der Waals surface area contributed by atoms with Crippen molar-refractivity contribution in [3.05, 3.63) is 38.9 Å². The zero-order chi connectivity index (χ0) is 17.5. The van der Waals surface area contributed by atoms with E-state index in [4.69, 9.17) is 5.11 Å². The van der Waals surface area contributed by atoms with Gasteiger partial charge in [-0.3, -0.25) is 14.4 Å². The van der Waals surface area contributed by atoms with Gasteiger partial charge < -0.3 is 15.5 Å². The molecule has 6 nitrogen and oxygen atoms in total. The molecule has 2 rings (SSSR count). The number of aliphatic hydroxyl groups is 1. The normalized spacial score (nSPS) is 18.4. The Balaban J connectivity index is 2.56. The first-order valence-corrected chi connectivity index (χ1v) is 7.76. The zero-order valence-corrected chi connectivity index (χ0v) is 14.4. The van der Waals surface area contributed by atoms with E-state index < -0.39 is 41.0 Å². The van der Waals surface area contributed by atoms with Crippen LogP contribution in [0, 0.1) is 6.92 Å². The molecule has 1 aromatic carbocycles. The lowest BCUT2D eigenvalue weighted by molar-refractivity contribution is -0.141. The fraction of sp³-hybridized carbons (Fsp3) is 0.312. The fourth-order valence-electron chi connectivity index (χ4n) is 2.58. The molecule has 122 valence electrons. The predicted octanol–water partition coefficient (Wildman–Crippen LogP) is 2.30. The molecular weight excluding hydrogens is 366 g/mol. The van der Waals surface area contributed by atoms with Crippen LogP contribution in [0.5, 0.6) is 0 Å². The van der Waals surface area contributed by atoms with Gasteiger partial charge in [0.15, 0.2) is 5.78 Å². The lowest BCUT2D eigenvalue weighted by Crippen LogP contribution is -2.42. The second-order valence-electron chi connectivity index (χ2n) is 5.53. The van der Waals surface area contributed by atoms with E-state index in [2.05, 4.69) is 21.2 Å². The van der Waals surface area contributed by atoms with Crippen molar-refractivity contribution in [1.29, 1.82) is 0 Å². The summed E-state index contributed by atoms with van der Waals surface area (Å²) in [5.74, 6) is -3.68. The molecule has 1 unspecified atom stereocenters. The highest BCUT2D eigenvalue weighted by atomic mass is 79.9. The molecule has 0 fully saturated rings. The van der Waals surface area contributed by atoms with Crippen molar-refractivity contribution in [3.63, 3.8) is 0 Å². The minimum absolute atomic E-state index is 0.400. The molecular formula is C16H16BrNO5. The number of aliphatic hydroxyl groups excluding tert-OH is 1. The van der Waals surface area contributed by atoms with Crippen LogP contribution in [0.3, 0.4) is 0 Å². The lowest BCUT2D eigenvalue weighted by Gasteiger charge is -2.25. The van der Waals surface area contributed by atoms with Crippen molar-refractivity contribution in [2.45, 2.75) is 32.7 Å². The van der Waals surface area contributed by atoms with Gasteiger partial charge in [-0.15, -0.1) is 0 Å². The van der Waals surface area contributed by atoms with Gasteiger partial charge in [-0.2, -0.15) is 0 Å². The molecule has 0 saturated heterocycles. The topological polar surface area (TPSA) is 104 Å². The summed E-state index contributed by atoms with van der Waals surface area (Å²) < 4.78 is 0.772. The van der Waals surface area contributed by atoms with Gasteiger partial charge in [0.1, 0.15) is 17.4 Å². The molecule has 23 heavy (non-hydrogen) atoms. The van der Waals surface area contributed by atoms with Crippen LogP contribution in [0.25, 0.3) is 5.76 Å². The number of rotatable bonds is 3. The minimum atomic E-state index is -1.23. The van der Waals surface area contributed by atoms with Crippen molar-refractivity contribution in [2.24, 2.45) is 0 Å². The number of hydrogen-bond acceptors (Lipinski definition) is 4. The van der Waals surface area contributed by atoms with Gasteiger partial charge in [-0.25, -0.2) is 0 Å². The molecule has 0 aromatic heterocycles. The Labute approximate surface area is 141 Å². The number of nitrogens with one attached hydrogen (secondary N) is 1. The Bertz CT molecular complexity index is 753. The molecule has 0 bridgehead atoms. The van der Waals surface area contributed by atoms with Crippen molar-refractivity contribution in [1.82, 2.24) is 5.32 Å². The number of carboxylic acid groups (broad SMARTS) is 1. The maximum atomic E-state index is 12.5. The van der Waals surface area contributed by atoms with Crippen molar-refractivity contribution >= 4 is 39.3 Å². The summed E-state index contributed by atoms with van der Waals surface area (Å²) in [7, 11) is 0. The Hall–Kier alpha value is -2.15. The van der Waals surface area contributed by atoms with Gasteiger partial charge in [-0.1, -0.05) is 22.9 Å². The molecule has 0 aliphatic heterocycles. The summed E-state index contributed by atoms with van der Waals surface area (Å²) >= 11 is 3.35. The molecule has 1 aromatic rings. The predicted molar refractivity (Wildman–Crippen MR) is 87.1 cm³/mol. The number of carbonyl (C=O) groups excluding carboxylic acids is 2. The van der Waals surface area contributed by atoms with E-state index in [0.717, 1.165) is 4.47 Å². The highest BCUT2D eigenvalue weighted by Gasteiger charge is 2.37. The summed E-state index contributed by atoms with van der Waals surface area (Å²) in [6, 6.07) is 2.33. The SMILES string of the molecule is Cc1cc(Br)cc2c1C(O)=C(C(=O)N[C@@H](C)C(=O)O)C(=O)C2C. The molecule has 1 aliphatic carbocycles. The number of amides is 1. The second kappa shape index (κ2) is 6.16. The Kier molecular flexibility index (Phi) is 4.61. The van der Waals surface area contributed by atoms with E-state index in [1.54, 1.807) is 26.0 Å². The second-order valence-corrected chi connectivity index (χ2v) is 6.45. The third-order valence-electron chi connectivity index (χ3n) is 3.86. The molecule has 2 atom stereocenters. The standard InChI is InChI=1S/C16H16BrNO5/c1-6-4-9(17)5-10-7(2)13(19)12(14(20)11(6)10)15(21)18-8(3)16(22)23/h4-5,7-8,20H,1-3H3,(H,18,21)(H,22,23)/t7?,8-/m0/s1. The number of benzene rings is 1. The maximum absolute atomic E-state index is 12.5. The molecule has 1 aliphatic rings. The molecule has 3 N–H and O–H groups in total. The van der Waals surface area contributed by atoms with Gasteiger partial charge in [0.25, 0.3) is 5.91 Å². The summed E-state index contributed by atoms with van der Waals surface area (Å²) in [5, 5.41) is 21.5. The molecule has 0 spiro atoms. The maximum Gasteiger partial charge on any atom is 0.325 e. The number of hydrogen-bond donors (Lipinski definition) is 3. The van der Waals surface area contributed by atoms with Gasteiger partial charge in [0, 0.05) is 16.0 Å². The average molecular weight is 382 g/mol. The highest BCUT2D eigenvalue weighted by molar-refractivity contribution is 9.10. The summed E-state index contributed by atoms with van der Waals surface area (Å²) in [5.41, 5.74) is 1.38. The number of aliphatic carboxylic acids is 1. The van der Waals surface area contributed by atoms with Crippen LogP contribution >= 0.6 is 15.9 Å². The van der Waals surface area contributed by atoms with Crippen LogP contribution in [0.1, 0.15) is 36.5 Å². The first-order valence-electron chi connectivity index (χ1n) is 6.96. The Morgan fingerprint density at radius 2 is 1.96 bits per heavy atom. The quantitative estimate of drug-likeness (QED) is 0.696. The van der Waals surface area contributed by atoms with Crippen molar-refractivity contribution in [3.8, 4) is 0 Å². The minimum Gasteiger partial charge on any atom is -0.506 e. The van der Waals surface area contributed by atoms with E-state index in [9.17, 15) is 19.5 Å². The van der Waals surface area contributed by atoms with Gasteiger partial charge in [0.05, 0.1) is 0 Å². The Morgan fingerprint density at radius 3 is 2.52 bits per heavy atom. The fourth-order valence-corrected chi connectivity index (χ4v) is 3.17. The molecule has 0 radical (unpaired) electrons. The Morgan fingerprint density at radius 1 is 1.35 bits per heavy atom. The lowest BCUT2D eigenvalue weighted by atomic mass is 9.80. The smallest absolute Gasteiger partial charge is 0.325 e. The summed E-state index contributed by atoms with van der Waals surface area (Å²) in [6.45, 7) is 4.69. The van der Waals surface area contributed by atoms with Crippen LogP contribution in [0.15, 0.2) is 22.2 Å². The molecule has 0 saturated carbocycles. The third-order valence-corrected chi connectivity index (χ3v) is 4.31. The number of fused-ring (bicyclic) bond motifs is 1. The summed E-state index contributed by atoms with van der Waals surface area (Å²) in [4.78, 5) is 35.6. The van der Waals surface area contributed by atoms with Crippen molar-refractivity contribution < 1.29 is 24.6 Å². The largest absolute Gasteiger partial charge is 0.506 e. The van der Waals surface area contributed by atoms with Crippen LogP contribution in [-0.2, 0) is 14.4 Å². The first kappa shape index (κ1) is 17.2. The molecule has 7 heteroatoms. The van der Waals surface area contributed by atoms with E-state index in [1.165, 1.54) is 6.92 Å². The highest BCUT2D eigenvalue weighted by Crippen LogP contribution is 2.38. The molecule has 1 amide bonds. The van der Waals surface area contributed by atoms with Crippen molar-refractivity contribution in [2.75, 3.05) is 0 Å². The van der Waals surface area contributed by atoms with Gasteiger partial charge in [0.2, 0.25) is 0 Å². The number of ketones is 1. The van der Waals surface area contributed by atoms with Crippen LogP contribution in [0.2, 0.25) is 0 Å². The van der Waals surface area contributed by atoms with E-state index in [1.807, 2.05) is 0 Å². The van der Waals surface area contributed by atoms with E-state index >= 15 is 0 Å². The monoisotopic (exact) mass is 381 g/mol. The number of carboxylic acids is 1. The van der Waals surface area contributed by atoms with Gasteiger partial charge >= 0.3 is 5.97 Å². The van der Waals surface area contributed by atoms with Crippen LogP contribution in [0.4, 0.5) is 0 Å². The van der Waals surface area contributed by atoms with Crippen LogP contribution in [-0.4, -0.2) is 33.9 Å². The first-order chi connectivity index (χ1) is 10.6. The number of aryl methyl sites for hydroxylation is 1. The molecule has 0 heterocycles. The number of halogens is 1. The average Bonchev–Trinajstić information content (AvgIpc) is 2.43. The number of Topliss-reactive ketones (excluding diaryl/α,β-unsaturated/α-hetero) is 1.